The van der Waals surface area contributed by atoms with Crippen LogP contribution in [0.2, 0.25) is 0 Å². The van der Waals surface area contributed by atoms with Crippen LogP contribution in [-0.4, -0.2) is 11.5 Å². The van der Waals surface area contributed by atoms with Gasteiger partial charge in [0, 0.05) is 6.92 Å². The number of hydrogen-bond acceptors (Lipinski definition) is 1. The van der Waals surface area contributed by atoms with Gasteiger partial charge in [-0.15, -0.1) is 0 Å². The van der Waals surface area contributed by atoms with Crippen LogP contribution in [0.5, 0.6) is 0 Å². The van der Waals surface area contributed by atoms with Crippen LogP contribution in [0.4, 0.5) is 8.78 Å². The van der Waals surface area contributed by atoms with Crippen molar-refractivity contribution >= 4 is 0 Å². The molecule has 0 fully saturated rings. The van der Waals surface area contributed by atoms with Crippen LogP contribution in [0.15, 0.2) is 0 Å². The van der Waals surface area contributed by atoms with E-state index >= 15 is 0 Å². The molecule has 0 aliphatic carbocycles. The normalized spacial score (nSPS) is 14.2. The van der Waals surface area contributed by atoms with Gasteiger partial charge in [-0.1, -0.05) is 0 Å². The van der Waals surface area contributed by atoms with Gasteiger partial charge in [-0.2, -0.15) is 0 Å². The van der Waals surface area contributed by atoms with Gasteiger partial charge >= 0.3 is 0 Å². The van der Waals surface area contributed by atoms with Gasteiger partial charge in [0.25, 0.3) is 5.92 Å². The summed E-state index contributed by atoms with van der Waals surface area (Å²) in [4.78, 5) is 0. The molecule has 1 nitrogen and oxygen atoms in total. The molecule has 0 aliphatic rings. The van der Waals surface area contributed by atoms with E-state index in [-0.39, 0.29) is 0 Å². The molecular formula is C5H11F2N. The summed E-state index contributed by atoms with van der Waals surface area (Å²) < 4.78 is 24.2. The highest BCUT2D eigenvalue weighted by Gasteiger charge is 2.37. The van der Waals surface area contributed by atoms with E-state index in [0.29, 0.717) is 0 Å². The average molecular weight is 123 g/mol. The van der Waals surface area contributed by atoms with Crippen molar-refractivity contribution in [2.75, 3.05) is 0 Å². The highest BCUT2D eigenvalue weighted by molar-refractivity contribution is 4.85. The second-order valence-corrected chi connectivity index (χ2v) is 2.61. The Morgan fingerprint density at radius 1 is 1.12 bits per heavy atom. The molecule has 0 aliphatic heterocycles. The molecule has 50 valence electrons. The van der Waals surface area contributed by atoms with Crippen molar-refractivity contribution in [3.63, 3.8) is 0 Å². The lowest BCUT2D eigenvalue weighted by atomic mass is 10.00. The molecule has 0 aromatic rings. The molecule has 0 saturated heterocycles. The van der Waals surface area contributed by atoms with Crippen molar-refractivity contribution in [1.82, 2.24) is 0 Å². The van der Waals surface area contributed by atoms with E-state index in [1.54, 1.807) is 0 Å². The minimum atomic E-state index is -2.78. The Hall–Kier alpha value is -0.180. The number of halogens is 2. The van der Waals surface area contributed by atoms with Crippen LogP contribution in [0.1, 0.15) is 20.8 Å². The summed E-state index contributed by atoms with van der Waals surface area (Å²) >= 11 is 0. The first-order valence-corrected chi connectivity index (χ1v) is 2.42. The SMILES string of the molecule is CC(C)(N)C(C)(F)F. The predicted molar refractivity (Wildman–Crippen MR) is 28.9 cm³/mol. The zero-order chi connectivity index (χ0) is 7.00. The smallest absolute Gasteiger partial charge is 0.262 e. The van der Waals surface area contributed by atoms with E-state index in [1.807, 2.05) is 0 Å². The first kappa shape index (κ1) is 7.82. The largest absolute Gasteiger partial charge is 0.321 e. The quantitative estimate of drug-likeness (QED) is 0.560. The Morgan fingerprint density at radius 3 is 1.25 bits per heavy atom. The Balaban J connectivity index is 4.02. The summed E-state index contributed by atoms with van der Waals surface area (Å²) in [5, 5.41) is 0. The van der Waals surface area contributed by atoms with Crippen molar-refractivity contribution in [1.29, 1.82) is 0 Å². The topological polar surface area (TPSA) is 26.0 Å². The van der Waals surface area contributed by atoms with E-state index in [9.17, 15) is 8.78 Å². The molecule has 0 aromatic heterocycles. The second-order valence-electron chi connectivity index (χ2n) is 2.61. The Kier molecular flexibility index (Phi) is 1.62. The fourth-order valence-corrected chi connectivity index (χ4v) is 0. The number of alkyl halides is 2. The maximum atomic E-state index is 12.1. The lowest BCUT2D eigenvalue weighted by Gasteiger charge is -2.25. The highest BCUT2D eigenvalue weighted by Crippen LogP contribution is 2.24. The van der Waals surface area contributed by atoms with Crippen molar-refractivity contribution in [2.45, 2.75) is 32.2 Å². The second kappa shape index (κ2) is 1.65. The zero-order valence-corrected chi connectivity index (χ0v) is 5.33. The van der Waals surface area contributed by atoms with Gasteiger partial charge in [0.1, 0.15) is 0 Å². The molecule has 0 saturated carbocycles. The lowest BCUT2D eigenvalue weighted by Crippen LogP contribution is -2.48. The Bertz CT molecular complexity index is 65.4. The number of hydrogen-bond donors (Lipinski definition) is 1. The molecule has 0 bridgehead atoms. The minimum absolute atomic E-state index is 0.812. The number of rotatable bonds is 1. The van der Waals surface area contributed by atoms with Gasteiger partial charge in [0.2, 0.25) is 0 Å². The molecule has 3 heteroatoms. The van der Waals surface area contributed by atoms with Gasteiger partial charge in [-0.05, 0) is 13.8 Å². The fraction of sp³-hybridized carbons (Fsp3) is 1.00. The summed E-state index contributed by atoms with van der Waals surface area (Å²) in [6.07, 6.45) is 0. The van der Waals surface area contributed by atoms with Gasteiger partial charge in [0.15, 0.2) is 0 Å². The Labute approximate surface area is 47.9 Å². The molecule has 2 N–H and O–H groups in total. The van der Waals surface area contributed by atoms with Crippen molar-refractivity contribution in [2.24, 2.45) is 5.73 Å². The van der Waals surface area contributed by atoms with Crippen LogP contribution in [0.3, 0.4) is 0 Å². The summed E-state index contributed by atoms with van der Waals surface area (Å²) in [5.74, 6) is -2.78. The van der Waals surface area contributed by atoms with E-state index in [2.05, 4.69) is 0 Å². The van der Waals surface area contributed by atoms with E-state index in [4.69, 9.17) is 5.73 Å². The van der Waals surface area contributed by atoms with Gasteiger partial charge in [-0.3, -0.25) is 0 Å². The first-order valence-electron chi connectivity index (χ1n) is 2.42. The third kappa shape index (κ3) is 1.74. The van der Waals surface area contributed by atoms with Crippen molar-refractivity contribution in [3.8, 4) is 0 Å². The molecule has 8 heavy (non-hydrogen) atoms. The summed E-state index contributed by atoms with van der Waals surface area (Å²) in [6.45, 7) is 3.41. The van der Waals surface area contributed by atoms with Crippen LogP contribution >= 0.6 is 0 Å². The molecule has 0 aromatic carbocycles. The number of nitrogens with two attached hydrogens (primary N) is 1. The van der Waals surface area contributed by atoms with Gasteiger partial charge in [0.05, 0.1) is 5.54 Å². The third-order valence-electron chi connectivity index (χ3n) is 1.13. The summed E-state index contributed by atoms with van der Waals surface area (Å²) in [7, 11) is 0. The predicted octanol–water partition coefficient (Wildman–Crippen LogP) is 1.38. The summed E-state index contributed by atoms with van der Waals surface area (Å²) in [6, 6.07) is 0. The van der Waals surface area contributed by atoms with E-state index in [0.717, 1.165) is 6.92 Å². The van der Waals surface area contributed by atoms with Crippen LogP contribution in [-0.2, 0) is 0 Å². The molecule has 0 unspecified atom stereocenters. The maximum Gasteiger partial charge on any atom is 0.262 e. The van der Waals surface area contributed by atoms with E-state index < -0.39 is 11.5 Å². The highest BCUT2D eigenvalue weighted by atomic mass is 19.3. The van der Waals surface area contributed by atoms with E-state index in [1.165, 1.54) is 13.8 Å². The van der Waals surface area contributed by atoms with Gasteiger partial charge in [-0.25, -0.2) is 8.78 Å². The first-order chi connectivity index (χ1) is 3.25. The zero-order valence-electron chi connectivity index (χ0n) is 5.33. The molecule has 0 rings (SSSR count). The molecule has 0 amide bonds. The average Bonchev–Trinajstić information content (AvgIpc) is 1.25. The molecule has 0 radical (unpaired) electrons. The van der Waals surface area contributed by atoms with Crippen molar-refractivity contribution < 1.29 is 8.78 Å². The minimum Gasteiger partial charge on any atom is -0.321 e. The third-order valence-corrected chi connectivity index (χ3v) is 1.13. The van der Waals surface area contributed by atoms with Gasteiger partial charge < -0.3 is 5.73 Å². The summed E-state index contributed by atoms with van der Waals surface area (Å²) in [5.41, 5.74) is 3.67. The van der Waals surface area contributed by atoms with Crippen molar-refractivity contribution in [3.05, 3.63) is 0 Å². The Morgan fingerprint density at radius 2 is 1.25 bits per heavy atom. The monoisotopic (exact) mass is 123 g/mol. The molecule has 0 spiro atoms. The molecular weight excluding hydrogens is 112 g/mol. The van der Waals surface area contributed by atoms with Crippen LogP contribution in [0.25, 0.3) is 0 Å². The fourth-order valence-electron chi connectivity index (χ4n) is 0. The standard InChI is InChI=1S/C5H11F2N/c1-4(2,8)5(3,6)7/h8H2,1-3H3. The molecule has 0 atom stereocenters. The molecule has 0 heterocycles. The van der Waals surface area contributed by atoms with Crippen LogP contribution in [0, 0.1) is 0 Å². The lowest BCUT2D eigenvalue weighted by molar-refractivity contribution is -0.0416. The maximum absolute atomic E-state index is 12.1. The van der Waals surface area contributed by atoms with Crippen LogP contribution < -0.4 is 5.73 Å².